The number of nitrogens with zero attached hydrogens (tertiary/aromatic N) is 4. The molecule has 0 aliphatic carbocycles. The molecule has 0 aromatic carbocycles. The van der Waals surface area contributed by atoms with Crippen LogP contribution in [0.2, 0.25) is 0 Å². The van der Waals surface area contributed by atoms with Crippen LogP contribution in [0, 0.1) is 0 Å². The zero-order valence-electron chi connectivity index (χ0n) is 10.9. The SMILES string of the molecule is O=C(O)N1C2CCC1CN(c1ncnc3[nH]ccc13)C2. The van der Waals surface area contributed by atoms with E-state index in [1.54, 1.807) is 11.2 Å². The van der Waals surface area contributed by atoms with E-state index in [9.17, 15) is 9.90 Å². The highest BCUT2D eigenvalue weighted by Gasteiger charge is 2.43. The van der Waals surface area contributed by atoms with Gasteiger partial charge in [0.1, 0.15) is 17.8 Å². The van der Waals surface area contributed by atoms with Crippen molar-refractivity contribution >= 4 is 22.9 Å². The van der Waals surface area contributed by atoms with Crippen LogP contribution in [0.3, 0.4) is 0 Å². The lowest BCUT2D eigenvalue weighted by atomic mass is 10.2. The highest BCUT2D eigenvalue weighted by molar-refractivity contribution is 5.87. The molecule has 2 aliphatic heterocycles. The van der Waals surface area contributed by atoms with Gasteiger partial charge in [-0.1, -0.05) is 0 Å². The average molecular weight is 273 g/mol. The van der Waals surface area contributed by atoms with Crippen molar-refractivity contribution in [1.82, 2.24) is 19.9 Å². The van der Waals surface area contributed by atoms with Gasteiger partial charge in [-0.2, -0.15) is 0 Å². The summed E-state index contributed by atoms with van der Waals surface area (Å²) >= 11 is 0. The molecule has 4 rings (SSSR count). The molecule has 1 amide bonds. The second-order valence-corrected chi connectivity index (χ2v) is 5.42. The molecule has 104 valence electrons. The summed E-state index contributed by atoms with van der Waals surface area (Å²) in [5.41, 5.74) is 0.822. The minimum Gasteiger partial charge on any atom is -0.465 e. The first-order valence-corrected chi connectivity index (χ1v) is 6.78. The fourth-order valence-electron chi connectivity index (χ4n) is 3.50. The Bertz CT molecular complexity index is 656. The van der Waals surface area contributed by atoms with Gasteiger partial charge in [0.2, 0.25) is 0 Å². The Labute approximate surface area is 115 Å². The molecule has 2 saturated heterocycles. The number of hydrogen-bond donors (Lipinski definition) is 2. The number of nitrogens with one attached hydrogen (secondary N) is 1. The van der Waals surface area contributed by atoms with E-state index in [1.165, 1.54) is 0 Å². The van der Waals surface area contributed by atoms with Crippen LogP contribution in [0.4, 0.5) is 10.6 Å². The Morgan fingerprint density at radius 3 is 2.75 bits per heavy atom. The van der Waals surface area contributed by atoms with Crippen LogP contribution in [-0.2, 0) is 0 Å². The number of amides is 1. The number of aromatic amines is 1. The van der Waals surface area contributed by atoms with E-state index in [4.69, 9.17) is 0 Å². The molecule has 2 unspecified atom stereocenters. The van der Waals surface area contributed by atoms with Gasteiger partial charge in [0.05, 0.1) is 17.5 Å². The zero-order chi connectivity index (χ0) is 13.7. The van der Waals surface area contributed by atoms with E-state index in [0.29, 0.717) is 13.1 Å². The Morgan fingerprint density at radius 2 is 2.05 bits per heavy atom. The van der Waals surface area contributed by atoms with E-state index < -0.39 is 6.09 Å². The fraction of sp³-hybridized carbons (Fsp3) is 0.462. The summed E-state index contributed by atoms with van der Waals surface area (Å²) in [5, 5.41) is 10.3. The van der Waals surface area contributed by atoms with Crippen LogP contribution in [0.25, 0.3) is 11.0 Å². The molecule has 2 bridgehead atoms. The van der Waals surface area contributed by atoms with Crippen LogP contribution in [-0.4, -0.2) is 56.2 Å². The number of anilines is 1. The fourth-order valence-corrected chi connectivity index (χ4v) is 3.50. The summed E-state index contributed by atoms with van der Waals surface area (Å²) in [6.07, 6.45) is 4.49. The number of fused-ring (bicyclic) bond motifs is 3. The molecule has 2 atom stereocenters. The summed E-state index contributed by atoms with van der Waals surface area (Å²) in [4.78, 5) is 26.8. The van der Waals surface area contributed by atoms with E-state index >= 15 is 0 Å². The van der Waals surface area contributed by atoms with Crippen LogP contribution in [0.1, 0.15) is 12.8 Å². The number of aromatic nitrogens is 3. The standard InChI is InChI=1S/C13H15N5O2/c19-13(20)18-8-1-2-9(18)6-17(5-8)12-10-3-4-14-11(10)15-7-16-12/h3-4,7-9H,1-2,5-6H2,(H,19,20)(H,14,15,16). The molecule has 20 heavy (non-hydrogen) atoms. The number of hydrogen-bond acceptors (Lipinski definition) is 4. The lowest BCUT2D eigenvalue weighted by molar-refractivity contribution is 0.114. The molecule has 2 N–H and O–H groups in total. The minimum absolute atomic E-state index is 0.0789. The van der Waals surface area contributed by atoms with Crippen LogP contribution in [0.5, 0.6) is 0 Å². The largest absolute Gasteiger partial charge is 0.465 e. The normalized spacial score (nSPS) is 25.4. The zero-order valence-corrected chi connectivity index (χ0v) is 10.9. The van der Waals surface area contributed by atoms with E-state index in [0.717, 1.165) is 29.7 Å². The lowest BCUT2D eigenvalue weighted by Crippen LogP contribution is -2.55. The molecule has 0 saturated carbocycles. The Morgan fingerprint density at radius 1 is 1.30 bits per heavy atom. The van der Waals surface area contributed by atoms with Gasteiger partial charge in [-0.05, 0) is 18.9 Å². The minimum atomic E-state index is -0.799. The highest BCUT2D eigenvalue weighted by atomic mass is 16.4. The van der Waals surface area contributed by atoms with Crippen molar-refractivity contribution in [2.75, 3.05) is 18.0 Å². The molecule has 2 aromatic heterocycles. The molecule has 7 heteroatoms. The van der Waals surface area contributed by atoms with Gasteiger partial charge >= 0.3 is 6.09 Å². The van der Waals surface area contributed by atoms with Gasteiger partial charge in [-0.15, -0.1) is 0 Å². The Hall–Kier alpha value is -2.31. The lowest BCUT2D eigenvalue weighted by Gasteiger charge is -2.40. The van der Waals surface area contributed by atoms with Gasteiger partial charge in [-0.3, -0.25) is 4.90 Å². The maximum Gasteiger partial charge on any atom is 0.407 e. The monoisotopic (exact) mass is 273 g/mol. The molecule has 0 spiro atoms. The number of piperazine rings is 1. The summed E-state index contributed by atoms with van der Waals surface area (Å²) in [5.74, 6) is 0.901. The van der Waals surface area contributed by atoms with Gasteiger partial charge in [-0.25, -0.2) is 14.8 Å². The molecule has 4 heterocycles. The summed E-state index contributed by atoms with van der Waals surface area (Å²) < 4.78 is 0. The van der Waals surface area contributed by atoms with Crippen molar-refractivity contribution in [2.45, 2.75) is 24.9 Å². The number of carboxylic acid groups (broad SMARTS) is 1. The number of rotatable bonds is 1. The molecule has 0 radical (unpaired) electrons. The summed E-state index contributed by atoms with van der Waals surface area (Å²) in [7, 11) is 0. The molecule has 7 nitrogen and oxygen atoms in total. The second-order valence-electron chi connectivity index (χ2n) is 5.42. The van der Waals surface area contributed by atoms with Crippen molar-refractivity contribution in [3.05, 3.63) is 18.6 Å². The Kier molecular flexibility index (Phi) is 2.35. The van der Waals surface area contributed by atoms with Gasteiger partial charge < -0.3 is 15.0 Å². The topological polar surface area (TPSA) is 85.3 Å². The van der Waals surface area contributed by atoms with E-state index in [1.807, 2.05) is 12.3 Å². The predicted molar refractivity (Wildman–Crippen MR) is 72.8 cm³/mol. The van der Waals surface area contributed by atoms with Crippen molar-refractivity contribution in [3.63, 3.8) is 0 Å². The highest BCUT2D eigenvalue weighted by Crippen LogP contribution is 2.33. The van der Waals surface area contributed by atoms with Gasteiger partial charge in [0.15, 0.2) is 0 Å². The maximum atomic E-state index is 11.3. The van der Waals surface area contributed by atoms with Gasteiger partial charge in [0.25, 0.3) is 0 Å². The number of H-pyrrole nitrogens is 1. The molecule has 2 aliphatic rings. The molecular formula is C13H15N5O2. The first kappa shape index (κ1) is 11.5. The quantitative estimate of drug-likeness (QED) is 0.817. The Balaban J connectivity index is 1.69. The van der Waals surface area contributed by atoms with Crippen LogP contribution < -0.4 is 4.90 Å². The molecule has 2 fully saturated rings. The molecular weight excluding hydrogens is 258 g/mol. The van der Waals surface area contributed by atoms with Gasteiger partial charge in [0, 0.05) is 19.3 Å². The second kappa shape index (κ2) is 4.09. The third-order valence-corrected chi connectivity index (χ3v) is 4.34. The molecule has 2 aromatic rings. The first-order valence-electron chi connectivity index (χ1n) is 6.78. The third kappa shape index (κ3) is 1.55. The predicted octanol–water partition coefficient (Wildman–Crippen LogP) is 1.29. The number of carbonyl (C=O) groups is 1. The maximum absolute atomic E-state index is 11.3. The van der Waals surface area contributed by atoms with Crippen molar-refractivity contribution in [1.29, 1.82) is 0 Å². The summed E-state index contributed by atoms with van der Waals surface area (Å²) in [6.45, 7) is 1.42. The van der Waals surface area contributed by atoms with Crippen molar-refractivity contribution in [2.24, 2.45) is 0 Å². The summed E-state index contributed by atoms with van der Waals surface area (Å²) in [6, 6.07) is 2.13. The third-order valence-electron chi connectivity index (χ3n) is 4.34. The van der Waals surface area contributed by atoms with Crippen molar-refractivity contribution in [3.8, 4) is 0 Å². The van der Waals surface area contributed by atoms with E-state index in [-0.39, 0.29) is 12.1 Å². The van der Waals surface area contributed by atoms with Crippen molar-refractivity contribution < 1.29 is 9.90 Å². The average Bonchev–Trinajstić information content (AvgIpc) is 3.01. The van der Waals surface area contributed by atoms with Crippen LogP contribution in [0.15, 0.2) is 18.6 Å². The smallest absolute Gasteiger partial charge is 0.407 e. The van der Waals surface area contributed by atoms with Crippen LogP contribution >= 0.6 is 0 Å². The first-order chi connectivity index (χ1) is 9.74. The van der Waals surface area contributed by atoms with E-state index in [2.05, 4.69) is 19.9 Å².